The average molecular weight is 168 g/mol. The molecule has 0 spiro atoms. The Hall–Kier alpha value is -0.890. The molecule has 0 bridgehead atoms. The van der Waals surface area contributed by atoms with E-state index in [1.807, 2.05) is 19.1 Å². The number of aryl methyl sites for hydroxylation is 1. The van der Waals surface area contributed by atoms with Crippen LogP contribution in [-0.2, 0) is 0 Å². The molecule has 1 aromatic rings. The summed E-state index contributed by atoms with van der Waals surface area (Å²) in [5, 5.41) is 8.97. The van der Waals surface area contributed by atoms with Crippen LogP contribution in [-0.4, -0.2) is 11.2 Å². The fraction of sp³-hybridized carbons (Fsp3) is 0.400. The third kappa shape index (κ3) is 2.05. The van der Waals surface area contributed by atoms with Gasteiger partial charge in [0, 0.05) is 0 Å². The van der Waals surface area contributed by atoms with Crippen molar-refractivity contribution in [2.24, 2.45) is 0 Å². The molecular formula is C10H13FO. The zero-order chi connectivity index (χ0) is 9.14. The van der Waals surface area contributed by atoms with Gasteiger partial charge >= 0.3 is 0 Å². The Balaban J connectivity index is 2.82. The second kappa shape index (κ2) is 3.68. The Kier molecular flexibility index (Phi) is 2.82. The molecule has 1 nitrogen and oxygen atoms in total. The highest BCUT2D eigenvalue weighted by atomic mass is 19.1. The van der Waals surface area contributed by atoms with E-state index in [-0.39, 0.29) is 0 Å². The second-order valence-electron chi connectivity index (χ2n) is 3.05. The lowest BCUT2D eigenvalue weighted by Crippen LogP contribution is -2.09. The molecule has 0 aliphatic rings. The standard InChI is InChI=1S/C10H13FO/c1-7-3-5-9(6-4-7)10(11)8(2)12/h3-6,8,10,12H,1-2H3/t8-,10+/m1/s1. The number of halogens is 1. The van der Waals surface area contributed by atoms with Gasteiger partial charge in [-0.15, -0.1) is 0 Å². The quantitative estimate of drug-likeness (QED) is 0.718. The lowest BCUT2D eigenvalue weighted by atomic mass is 10.1. The first-order valence-electron chi connectivity index (χ1n) is 4.00. The van der Waals surface area contributed by atoms with Gasteiger partial charge in [0.1, 0.15) is 0 Å². The summed E-state index contributed by atoms with van der Waals surface area (Å²) in [4.78, 5) is 0. The Morgan fingerprint density at radius 2 is 1.75 bits per heavy atom. The zero-order valence-corrected chi connectivity index (χ0v) is 7.29. The van der Waals surface area contributed by atoms with E-state index >= 15 is 0 Å². The highest BCUT2D eigenvalue weighted by molar-refractivity contribution is 5.23. The first-order chi connectivity index (χ1) is 5.61. The number of rotatable bonds is 2. The summed E-state index contributed by atoms with van der Waals surface area (Å²) in [6, 6.07) is 7.08. The Morgan fingerprint density at radius 1 is 1.25 bits per heavy atom. The van der Waals surface area contributed by atoms with Crippen molar-refractivity contribution >= 4 is 0 Å². The van der Waals surface area contributed by atoms with Gasteiger partial charge < -0.3 is 5.11 Å². The van der Waals surface area contributed by atoms with Crippen molar-refractivity contribution < 1.29 is 9.50 Å². The lowest BCUT2D eigenvalue weighted by molar-refractivity contribution is 0.0933. The van der Waals surface area contributed by atoms with Gasteiger partial charge in [-0.2, -0.15) is 0 Å². The van der Waals surface area contributed by atoms with E-state index in [4.69, 9.17) is 5.11 Å². The van der Waals surface area contributed by atoms with Crippen molar-refractivity contribution in [3.8, 4) is 0 Å². The van der Waals surface area contributed by atoms with Gasteiger partial charge in [-0.3, -0.25) is 0 Å². The van der Waals surface area contributed by atoms with Crippen LogP contribution >= 0.6 is 0 Å². The van der Waals surface area contributed by atoms with Crippen LogP contribution in [0.5, 0.6) is 0 Å². The number of hydrogen-bond donors (Lipinski definition) is 1. The second-order valence-corrected chi connectivity index (χ2v) is 3.05. The normalized spacial score (nSPS) is 15.7. The van der Waals surface area contributed by atoms with Crippen LogP contribution in [0.25, 0.3) is 0 Å². The summed E-state index contributed by atoms with van der Waals surface area (Å²) in [6.45, 7) is 3.39. The van der Waals surface area contributed by atoms with Crippen molar-refractivity contribution in [2.45, 2.75) is 26.1 Å². The van der Waals surface area contributed by atoms with E-state index in [1.54, 1.807) is 12.1 Å². The van der Waals surface area contributed by atoms with E-state index in [0.717, 1.165) is 5.56 Å². The molecule has 0 aliphatic carbocycles. The van der Waals surface area contributed by atoms with Crippen molar-refractivity contribution in [2.75, 3.05) is 0 Å². The van der Waals surface area contributed by atoms with E-state index in [0.29, 0.717) is 5.56 Å². The number of aliphatic hydroxyl groups excluding tert-OH is 1. The van der Waals surface area contributed by atoms with Crippen molar-refractivity contribution in [3.63, 3.8) is 0 Å². The monoisotopic (exact) mass is 168 g/mol. The molecule has 0 aliphatic heterocycles. The lowest BCUT2D eigenvalue weighted by Gasteiger charge is -2.10. The molecule has 0 amide bonds. The molecule has 2 heteroatoms. The molecule has 66 valence electrons. The number of hydrogen-bond acceptors (Lipinski definition) is 1. The maximum absolute atomic E-state index is 13.1. The molecule has 1 rings (SSSR count). The Bertz CT molecular complexity index is 241. The predicted octanol–water partition coefficient (Wildman–Crippen LogP) is 2.39. The molecule has 0 heterocycles. The van der Waals surface area contributed by atoms with Gasteiger partial charge in [0.15, 0.2) is 6.17 Å². The third-order valence-corrected chi connectivity index (χ3v) is 1.82. The molecule has 0 saturated heterocycles. The summed E-state index contributed by atoms with van der Waals surface area (Å²) in [6.07, 6.45) is -2.21. The minimum absolute atomic E-state index is 0.538. The minimum Gasteiger partial charge on any atom is -0.390 e. The molecule has 0 saturated carbocycles. The summed E-state index contributed by atoms with van der Waals surface area (Å²) < 4.78 is 13.1. The SMILES string of the molecule is Cc1ccc([C@@H](F)[C@@H](C)O)cc1. The number of aliphatic hydroxyl groups is 1. The van der Waals surface area contributed by atoms with Crippen LogP contribution in [0.15, 0.2) is 24.3 Å². The van der Waals surface area contributed by atoms with Gasteiger partial charge in [0.25, 0.3) is 0 Å². The fourth-order valence-electron chi connectivity index (χ4n) is 1.03. The van der Waals surface area contributed by atoms with Gasteiger partial charge in [0.05, 0.1) is 6.10 Å². The van der Waals surface area contributed by atoms with Crippen LogP contribution in [0.4, 0.5) is 4.39 Å². The van der Waals surface area contributed by atoms with E-state index in [2.05, 4.69) is 0 Å². The van der Waals surface area contributed by atoms with E-state index in [1.165, 1.54) is 6.92 Å². The van der Waals surface area contributed by atoms with E-state index in [9.17, 15) is 4.39 Å². The van der Waals surface area contributed by atoms with Crippen molar-refractivity contribution in [1.82, 2.24) is 0 Å². The molecule has 1 aromatic carbocycles. The van der Waals surface area contributed by atoms with Crippen LogP contribution in [0.1, 0.15) is 24.2 Å². The first kappa shape index (κ1) is 9.20. The summed E-state index contributed by atoms with van der Waals surface area (Å²) in [5.41, 5.74) is 1.63. The van der Waals surface area contributed by atoms with Gasteiger partial charge in [-0.25, -0.2) is 4.39 Å². The Labute approximate surface area is 71.9 Å². The summed E-state index contributed by atoms with van der Waals surface area (Å²) >= 11 is 0. The smallest absolute Gasteiger partial charge is 0.151 e. The molecule has 2 atom stereocenters. The minimum atomic E-state index is -1.27. The largest absolute Gasteiger partial charge is 0.390 e. The first-order valence-corrected chi connectivity index (χ1v) is 4.00. The molecule has 0 unspecified atom stereocenters. The van der Waals surface area contributed by atoms with Crippen molar-refractivity contribution in [3.05, 3.63) is 35.4 Å². The molecule has 12 heavy (non-hydrogen) atoms. The van der Waals surface area contributed by atoms with E-state index < -0.39 is 12.3 Å². The van der Waals surface area contributed by atoms with Gasteiger partial charge in [0.2, 0.25) is 0 Å². The maximum Gasteiger partial charge on any atom is 0.151 e. The number of benzene rings is 1. The third-order valence-electron chi connectivity index (χ3n) is 1.82. The molecule has 0 radical (unpaired) electrons. The molecule has 0 fully saturated rings. The molecular weight excluding hydrogens is 155 g/mol. The average Bonchev–Trinajstić information content (AvgIpc) is 2.04. The van der Waals surface area contributed by atoms with Crippen LogP contribution in [0.2, 0.25) is 0 Å². The summed E-state index contributed by atoms with van der Waals surface area (Å²) in [7, 11) is 0. The topological polar surface area (TPSA) is 20.2 Å². The van der Waals surface area contributed by atoms with Crippen molar-refractivity contribution in [1.29, 1.82) is 0 Å². The molecule has 0 aromatic heterocycles. The van der Waals surface area contributed by atoms with Gasteiger partial charge in [-0.1, -0.05) is 29.8 Å². The van der Waals surface area contributed by atoms with Crippen LogP contribution < -0.4 is 0 Å². The van der Waals surface area contributed by atoms with Gasteiger partial charge in [-0.05, 0) is 19.4 Å². The Morgan fingerprint density at radius 3 is 2.17 bits per heavy atom. The highest BCUT2D eigenvalue weighted by Gasteiger charge is 2.14. The highest BCUT2D eigenvalue weighted by Crippen LogP contribution is 2.21. The van der Waals surface area contributed by atoms with Crippen LogP contribution in [0.3, 0.4) is 0 Å². The van der Waals surface area contributed by atoms with Crippen LogP contribution in [0, 0.1) is 6.92 Å². The fourth-order valence-corrected chi connectivity index (χ4v) is 1.03. The molecule has 1 N–H and O–H groups in total. The maximum atomic E-state index is 13.1. The summed E-state index contributed by atoms with van der Waals surface area (Å²) in [5.74, 6) is 0. The predicted molar refractivity (Wildman–Crippen MR) is 46.7 cm³/mol. The zero-order valence-electron chi connectivity index (χ0n) is 7.29. The number of alkyl halides is 1.